The molecule has 0 bridgehead atoms. The van der Waals surface area contributed by atoms with Crippen LogP contribution in [0.4, 0.5) is 5.69 Å². The largest absolute Gasteiger partial charge is 0.454 e. The van der Waals surface area contributed by atoms with Crippen LogP contribution in [0, 0.1) is 13.8 Å². The fourth-order valence-electron chi connectivity index (χ4n) is 1.50. The van der Waals surface area contributed by atoms with Gasteiger partial charge in [0.05, 0.1) is 10.7 Å². The number of aryl methyl sites for hydroxylation is 2. The number of nitrogen functional groups attached to an aromatic ring is 1. The summed E-state index contributed by atoms with van der Waals surface area (Å²) in [7, 11) is 0. The minimum atomic E-state index is 0.491. The molecule has 0 amide bonds. The average Bonchev–Trinajstić information content (AvgIpc) is 2.25. The molecular weight excluding hydrogens is 236 g/mol. The van der Waals surface area contributed by atoms with E-state index in [0.29, 0.717) is 22.2 Å². The molecule has 2 N–H and O–H groups in total. The number of nitrogens with zero attached hydrogens (tertiary/aromatic N) is 1. The lowest BCUT2D eigenvalue weighted by atomic mass is 10.3. The van der Waals surface area contributed by atoms with E-state index < -0.39 is 0 Å². The highest BCUT2D eigenvalue weighted by molar-refractivity contribution is 6.32. The number of aromatic nitrogens is 1. The molecule has 0 atom stereocenters. The van der Waals surface area contributed by atoms with Crippen LogP contribution in [0.25, 0.3) is 0 Å². The molecule has 0 saturated carbocycles. The molecule has 17 heavy (non-hydrogen) atoms. The van der Waals surface area contributed by atoms with Crippen LogP contribution in [0.3, 0.4) is 0 Å². The van der Waals surface area contributed by atoms with E-state index in [1.165, 1.54) is 0 Å². The van der Waals surface area contributed by atoms with Crippen molar-refractivity contribution >= 4 is 17.3 Å². The normalized spacial score (nSPS) is 10.3. The van der Waals surface area contributed by atoms with Gasteiger partial charge in [-0.05, 0) is 44.2 Å². The summed E-state index contributed by atoms with van der Waals surface area (Å²) in [5.41, 5.74) is 8.02. The lowest BCUT2D eigenvalue weighted by Gasteiger charge is -2.10. The number of halogens is 1. The number of pyridine rings is 1. The van der Waals surface area contributed by atoms with E-state index in [0.717, 1.165) is 11.4 Å². The van der Waals surface area contributed by atoms with E-state index in [-0.39, 0.29) is 0 Å². The van der Waals surface area contributed by atoms with E-state index in [9.17, 15) is 0 Å². The van der Waals surface area contributed by atoms with Crippen LogP contribution in [-0.4, -0.2) is 4.98 Å². The third kappa shape index (κ3) is 2.68. The van der Waals surface area contributed by atoms with Crippen LogP contribution < -0.4 is 10.5 Å². The highest BCUT2D eigenvalue weighted by Gasteiger charge is 2.06. The van der Waals surface area contributed by atoms with Gasteiger partial charge in [-0.25, -0.2) is 0 Å². The molecule has 88 valence electrons. The summed E-state index contributed by atoms with van der Waals surface area (Å²) in [6.07, 6.45) is 0. The minimum absolute atomic E-state index is 0.491. The van der Waals surface area contributed by atoms with E-state index in [4.69, 9.17) is 22.1 Å². The van der Waals surface area contributed by atoms with Crippen molar-refractivity contribution in [3.8, 4) is 11.5 Å². The van der Waals surface area contributed by atoms with Crippen molar-refractivity contribution in [3.05, 3.63) is 46.7 Å². The molecule has 3 nitrogen and oxygen atoms in total. The Bertz CT molecular complexity index is 506. The lowest BCUT2D eigenvalue weighted by Crippen LogP contribution is -1.93. The molecule has 1 aromatic heterocycles. The number of hydrogen-bond acceptors (Lipinski definition) is 3. The second-order valence-electron chi connectivity index (χ2n) is 3.83. The van der Waals surface area contributed by atoms with Crippen LogP contribution in [0.1, 0.15) is 11.4 Å². The molecule has 0 aliphatic rings. The molecule has 0 spiro atoms. The molecule has 0 unspecified atom stereocenters. The minimum Gasteiger partial charge on any atom is -0.454 e. The predicted octanol–water partition coefficient (Wildman–Crippen LogP) is 3.73. The zero-order chi connectivity index (χ0) is 12.4. The van der Waals surface area contributed by atoms with Crippen LogP contribution >= 0.6 is 11.6 Å². The first-order valence-corrected chi connectivity index (χ1v) is 5.61. The van der Waals surface area contributed by atoms with Gasteiger partial charge in [-0.15, -0.1) is 0 Å². The average molecular weight is 249 g/mol. The van der Waals surface area contributed by atoms with E-state index in [2.05, 4.69) is 4.98 Å². The van der Waals surface area contributed by atoms with Crippen molar-refractivity contribution < 1.29 is 4.74 Å². The highest BCUT2D eigenvalue weighted by Crippen LogP contribution is 2.31. The standard InChI is InChI=1S/C13H13ClN2O/c1-8-3-5-12(9(2)16-8)17-13-6-4-10(15)7-11(13)14/h3-7H,15H2,1-2H3. The molecule has 0 saturated heterocycles. The molecule has 0 fully saturated rings. The second-order valence-corrected chi connectivity index (χ2v) is 4.24. The van der Waals surface area contributed by atoms with Gasteiger partial charge in [0.25, 0.3) is 0 Å². The number of hydrogen-bond donors (Lipinski definition) is 1. The molecule has 2 rings (SSSR count). The topological polar surface area (TPSA) is 48.1 Å². The number of ether oxygens (including phenoxy) is 1. The molecule has 1 aromatic carbocycles. The van der Waals surface area contributed by atoms with Crippen LogP contribution in [0.5, 0.6) is 11.5 Å². The van der Waals surface area contributed by atoms with Gasteiger partial charge in [-0.3, -0.25) is 4.98 Å². The zero-order valence-corrected chi connectivity index (χ0v) is 10.5. The monoisotopic (exact) mass is 248 g/mol. The fourth-order valence-corrected chi connectivity index (χ4v) is 1.73. The van der Waals surface area contributed by atoms with E-state index >= 15 is 0 Å². The number of rotatable bonds is 2. The molecular formula is C13H13ClN2O. The number of nitrogens with two attached hydrogens (primary N) is 1. The number of anilines is 1. The maximum Gasteiger partial charge on any atom is 0.148 e. The van der Waals surface area contributed by atoms with Crippen molar-refractivity contribution in [3.63, 3.8) is 0 Å². The molecule has 0 aliphatic heterocycles. The predicted molar refractivity (Wildman–Crippen MR) is 69.6 cm³/mol. The molecule has 2 aromatic rings. The summed E-state index contributed by atoms with van der Waals surface area (Å²) in [5, 5.41) is 0.491. The Kier molecular flexibility index (Phi) is 3.20. The van der Waals surface area contributed by atoms with Gasteiger partial charge in [-0.1, -0.05) is 11.6 Å². The van der Waals surface area contributed by atoms with Gasteiger partial charge in [0.2, 0.25) is 0 Å². The summed E-state index contributed by atoms with van der Waals surface area (Å²) in [5.74, 6) is 1.27. The SMILES string of the molecule is Cc1ccc(Oc2ccc(N)cc2Cl)c(C)n1. The van der Waals surface area contributed by atoms with Crippen LogP contribution in [0.15, 0.2) is 30.3 Å². The summed E-state index contributed by atoms with van der Waals surface area (Å²) in [6.45, 7) is 3.83. The van der Waals surface area contributed by atoms with Crippen molar-refractivity contribution in [1.29, 1.82) is 0 Å². The van der Waals surface area contributed by atoms with Gasteiger partial charge >= 0.3 is 0 Å². The molecule has 0 radical (unpaired) electrons. The Morgan fingerprint density at radius 1 is 1.12 bits per heavy atom. The zero-order valence-electron chi connectivity index (χ0n) is 9.70. The smallest absolute Gasteiger partial charge is 0.148 e. The first kappa shape index (κ1) is 11.7. The lowest BCUT2D eigenvalue weighted by molar-refractivity contribution is 0.475. The third-order valence-corrected chi connectivity index (χ3v) is 2.65. The Labute approximate surface area is 105 Å². The first-order chi connectivity index (χ1) is 8.06. The van der Waals surface area contributed by atoms with Gasteiger partial charge in [0.1, 0.15) is 11.5 Å². The van der Waals surface area contributed by atoms with E-state index in [1.807, 2.05) is 26.0 Å². The van der Waals surface area contributed by atoms with Gasteiger partial charge in [-0.2, -0.15) is 0 Å². The Morgan fingerprint density at radius 2 is 1.82 bits per heavy atom. The fraction of sp³-hybridized carbons (Fsp3) is 0.154. The van der Waals surface area contributed by atoms with Crippen molar-refractivity contribution in [2.24, 2.45) is 0 Å². The maximum absolute atomic E-state index is 6.04. The van der Waals surface area contributed by atoms with Gasteiger partial charge < -0.3 is 10.5 Å². The van der Waals surface area contributed by atoms with Gasteiger partial charge in [0, 0.05) is 11.4 Å². The van der Waals surface area contributed by atoms with Crippen LogP contribution in [0.2, 0.25) is 5.02 Å². The number of benzene rings is 1. The summed E-state index contributed by atoms with van der Waals surface area (Å²) in [4.78, 5) is 4.32. The Balaban J connectivity index is 2.31. The van der Waals surface area contributed by atoms with Crippen molar-refractivity contribution in [2.75, 3.05) is 5.73 Å². The highest BCUT2D eigenvalue weighted by atomic mass is 35.5. The quantitative estimate of drug-likeness (QED) is 0.824. The maximum atomic E-state index is 6.04. The molecule has 1 heterocycles. The van der Waals surface area contributed by atoms with Crippen molar-refractivity contribution in [2.45, 2.75) is 13.8 Å². The summed E-state index contributed by atoms with van der Waals surface area (Å²) in [6, 6.07) is 8.93. The molecule has 4 heteroatoms. The third-order valence-electron chi connectivity index (χ3n) is 2.35. The van der Waals surface area contributed by atoms with Crippen LogP contribution in [-0.2, 0) is 0 Å². The first-order valence-electron chi connectivity index (χ1n) is 5.23. The second kappa shape index (κ2) is 4.63. The Morgan fingerprint density at radius 3 is 2.47 bits per heavy atom. The molecule has 0 aliphatic carbocycles. The van der Waals surface area contributed by atoms with Gasteiger partial charge in [0.15, 0.2) is 0 Å². The summed E-state index contributed by atoms with van der Waals surface area (Å²) < 4.78 is 5.70. The Hall–Kier alpha value is -1.74. The summed E-state index contributed by atoms with van der Waals surface area (Å²) >= 11 is 6.04. The van der Waals surface area contributed by atoms with E-state index in [1.54, 1.807) is 18.2 Å². The van der Waals surface area contributed by atoms with Crippen molar-refractivity contribution in [1.82, 2.24) is 4.98 Å².